The molecule has 0 aliphatic rings. The number of benzene rings is 10. The molecule has 272 valence electrons. The Morgan fingerprint density at radius 3 is 1.59 bits per heavy atom. The van der Waals surface area contributed by atoms with E-state index in [9.17, 15) is 0 Å². The van der Waals surface area contributed by atoms with Gasteiger partial charge in [0.25, 0.3) is 0 Å². The summed E-state index contributed by atoms with van der Waals surface area (Å²) in [6.07, 6.45) is 0. The van der Waals surface area contributed by atoms with Crippen molar-refractivity contribution in [1.29, 1.82) is 0 Å². The van der Waals surface area contributed by atoms with Crippen LogP contribution in [0.25, 0.3) is 82.4 Å². The van der Waals surface area contributed by atoms with E-state index in [4.69, 9.17) is 0 Å². The van der Waals surface area contributed by atoms with Crippen LogP contribution in [0.2, 0.25) is 0 Å². The molecule has 1 heterocycles. The average molecular weight is 739 g/mol. The van der Waals surface area contributed by atoms with E-state index in [2.05, 4.69) is 240 Å². The van der Waals surface area contributed by atoms with Crippen molar-refractivity contribution in [2.45, 2.75) is 0 Å². The molecule has 0 spiro atoms. The fourth-order valence-corrected chi connectivity index (χ4v) is 8.70. The van der Waals surface area contributed by atoms with Gasteiger partial charge in [0.15, 0.2) is 0 Å². The summed E-state index contributed by atoms with van der Waals surface area (Å²) in [6.45, 7) is 0. The molecule has 0 unspecified atom stereocenters. The van der Waals surface area contributed by atoms with Crippen molar-refractivity contribution in [2.75, 3.05) is 4.90 Å². The molecule has 0 saturated heterocycles. The maximum Gasteiger partial charge on any atom is 0.0541 e. The maximum absolute atomic E-state index is 2.39. The zero-order valence-corrected chi connectivity index (χ0v) is 31.8. The van der Waals surface area contributed by atoms with Crippen molar-refractivity contribution in [2.24, 2.45) is 0 Å². The van der Waals surface area contributed by atoms with Crippen molar-refractivity contribution in [3.05, 3.63) is 231 Å². The molecule has 0 saturated carbocycles. The zero-order chi connectivity index (χ0) is 38.4. The number of aromatic nitrogens is 1. The summed E-state index contributed by atoms with van der Waals surface area (Å²) in [7, 11) is 0. The van der Waals surface area contributed by atoms with Gasteiger partial charge in [0.05, 0.1) is 11.0 Å². The van der Waals surface area contributed by atoms with Crippen molar-refractivity contribution < 1.29 is 0 Å². The normalized spacial score (nSPS) is 11.4. The molecule has 11 aromatic rings. The molecule has 2 nitrogen and oxygen atoms in total. The van der Waals surface area contributed by atoms with Crippen molar-refractivity contribution in [3.63, 3.8) is 0 Å². The van der Waals surface area contributed by atoms with Crippen LogP contribution in [0.4, 0.5) is 17.1 Å². The van der Waals surface area contributed by atoms with Crippen LogP contribution in [-0.2, 0) is 0 Å². The monoisotopic (exact) mass is 738 g/mol. The molecule has 1 aromatic heterocycles. The molecule has 10 aromatic carbocycles. The van der Waals surface area contributed by atoms with Crippen LogP contribution >= 0.6 is 0 Å². The quantitative estimate of drug-likeness (QED) is 0.158. The largest absolute Gasteiger partial charge is 0.310 e. The van der Waals surface area contributed by atoms with Crippen LogP contribution in [0.3, 0.4) is 0 Å². The van der Waals surface area contributed by atoms with E-state index in [1.165, 1.54) is 76.7 Å². The first-order valence-electron chi connectivity index (χ1n) is 19.9. The van der Waals surface area contributed by atoms with Crippen LogP contribution in [0.5, 0.6) is 0 Å². The van der Waals surface area contributed by atoms with E-state index in [1.807, 2.05) is 0 Å². The molecule has 0 radical (unpaired) electrons. The number of para-hydroxylation sites is 1. The van der Waals surface area contributed by atoms with E-state index in [0.717, 1.165) is 22.7 Å². The second-order valence-corrected chi connectivity index (χ2v) is 15.0. The Hall–Kier alpha value is -7.68. The highest BCUT2D eigenvalue weighted by atomic mass is 15.1. The first-order valence-corrected chi connectivity index (χ1v) is 19.9. The van der Waals surface area contributed by atoms with Gasteiger partial charge in [-0.25, -0.2) is 0 Å². The van der Waals surface area contributed by atoms with Gasteiger partial charge in [0.2, 0.25) is 0 Å². The Bertz CT molecular complexity index is 3240. The number of hydrogen-bond donors (Lipinski definition) is 0. The lowest BCUT2D eigenvalue weighted by molar-refractivity contribution is 1.18. The van der Waals surface area contributed by atoms with Gasteiger partial charge in [-0.15, -0.1) is 0 Å². The number of anilines is 3. The molecular formula is C56H38N2. The highest BCUT2D eigenvalue weighted by molar-refractivity contribution is 6.10. The predicted molar refractivity (Wildman–Crippen MR) is 247 cm³/mol. The minimum absolute atomic E-state index is 1.11. The Morgan fingerprint density at radius 1 is 0.276 bits per heavy atom. The lowest BCUT2D eigenvalue weighted by Gasteiger charge is -2.26. The van der Waals surface area contributed by atoms with Crippen LogP contribution < -0.4 is 4.90 Å². The topological polar surface area (TPSA) is 8.17 Å². The fraction of sp³-hybridized carbons (Fsp3) is 0. The van der Waals surface area contributed by atoms with E-state index in [1.54, 1.807) is 0 Å². The minimum atomic E-state index is 1.11. The van der Waals surface area contributed by atoms with Crippen LogP contribution in [-0.4, -0.2) is 4.57 Å². The smallest absolute Gasteiger partial charge is 0.0541 e. The Labute approximate surface area is 338 Å². The molecule has 2 heteroatoms. The van der Waals surface area contributed by atoms with Gasteiger partial charge in [-0.1, -0.05) is 164 Å². The number of fused-ring (bicyclic) bond motifs is 5. The number of nitrogens with zero attached hydrogens (tertiary/aromatic N) is 2. The molecule has 58 heavy (non-hydrogen) atoms. The first kappa shape index (κ1) is 33.6. The van der Waals surface area contributed by atoms with Crippen molar-refractivity contribution >= 4 is 60.4 Å². The predicted octanol–water partition coefficient (Wildman–Crippen LogP) is 15.6. The molecule has 0 aliphatic heterocycles. The summed E-state index contributed by atoms with van der Waals surface area (Å²) >= 11 is 0. The average Bonchev–Trinajstić information content (AvgIpc) is 3.63. The summed E-state index contributed by atoms with van der Waals surface area (Å²) in [6, 6.07) is 83.6. The van der Waals surface area contributed by atoms with E-state index >= 15 is 0 Å². The standard InChI is InChI=1S/C56H38N2/c1-2-11-39(12-3-1)41-21-31-49(32-22-41)58-55-20-9-8-18-53(55)54-38-46(28-36-56(54)58)42-23-29-47(30-24-42)57(50-35-25-40-13-4-5-15-45(40)37-50)48-33-26-44(27-34-48)52-19-10-16-43-14-6-7-17-51(43)52/h1-38H. The third kappa shape index (κ3) is 5.91. The molecule has 0 fully saturated rings. The Balaban J connectivity index is 0.968. The third-order valence-corrected chi connectivity index (χ3v) is 11.6. The second kappa shape index (κ2) is 14.1. The van der Waals surface area contributed by atoms with Crippen molar-refractivity contribution in [3.8, 4) is 39.1 Å². The van der Waals surface area contributed by atoms with Crippen molar-refractivity contribution in [1.82, 2.24) is 4.57 Å². The Kier molecular flexibility index (Phi) is 8.19. The van der Waals surface area contributed by atoms with E-state index in [-0.39, 0.29) is 0 Å². The van der Waals surface area contributed by atoms with Gasteiger partial charge in [-0.05, 0) is 122 Å². The van der Waals surface area contributed by atoms with Gasteiger partial charge < -0.3 is 9.47 Å². The summed E-state index contributed by atoms with van der Waals surface area (Å²) < 4.78 is 2.39. The van der Waals surface area contributed by atoms with E-state index < -0.39 is 0 Å². The number of rotatable bonds is 7. The van der Waals surface area contributed by atoms with Gasteiger partial charge in [-0.2, -0.15) is 0 Å². The highest BCUT2D eigenvalue weighted by Gasteiger charge is 2.16. The SMILES string of the molecule is c1ccc(-c2ccc(-n3c4ccccc4c4cc(-c5ccc(N(c6ccc(-c7cccc8ccccc78)cc6)c6ccc7ccccc7c6)cc5)ccc43)cc2)cc1. The molecule has 0 bridgehead atoms. The summed E-state index contributed by atoms with van der Waals surface area (Å²) in [5, 5.41) is 7.45. The summed E-state index contributed by atoms with van der Waals surface area (Å²) in [5.74, 6) is 0. The van der Waals surface area contributed by atoms with Crippen LogP contribution in [0.1, 0.15) is 0 Å². The van der Waals surface area contributed by atoms with Gasteiger partial charge in [0, 0.05) is 33.5 Å². The molecular weight excluding hydrogens is 701 g/mol. The maximum atomic E-state index is 2.39. The zero-order valence-electron chi connectivity index (χ0n) is 31.8. The van der Waals surface area contributed by atoms with E-state index in [0.29, 0.717) is 0 Å². The number of hydrogen-bond acceptors (Lipinski definition) is 1. The lowest BCUT2D eigenvalue weighted by Crippen LogP contribution is -2.09. The van der Waals surface area contributed by atoms with Gasteiger partial charge in [0.1, 0.15) is 0 Å². The molecule has 11 rings (SSSR count). The molecule has 0 atom stereocenters. The summed E-state index contributed by atoms with van der Waals surface area (Å²) in [4.78, 5) is 2.36. The van der Waals surface area contributed by atoms with Gasteiger partial charge >= 0.3 is 0 Å². The molecule has 0 amide bonds. The molecule has 0 aliphatic carbocycles. The summed E-state index contributed by atoms with van der Waals surface area (Å²) in [5.41, 5.74) is 14.2. The lowest BCUT2D eigenvalue weighted by atomic mass is 9.98. The molecule has 0 N–H and O–H groups in total. The van der Waals surface area contributed by atoms with Gasteiger partial charge in [-0.3, -0.25) is 0 Å². The highest BCUT2D eigenvalue weighted by Crippen LogP contribution is 2.40. The first-order chi connectivity index (χ1) is 28.7. The second-order valence-electron chi connectivity index (χ2n) is 15.0. The fourth-order valence-electron chi connectivity index (χ4n) is 8.70. The third-order valence-electron chi connectivity index (χ3n) is 11.6. The van der Waals surface area contributed by atoms with Crippen LogP contribution in [0.15, 0.2) is 231 Å². The van der Waals surface area contributed by atoms with Crippen LogP contribution in [0, 0.1) is 0 Å². The minimum Gasteiger partial charge on any atom is -0.310 e. The Morgan fingerprint density at radius 2 is 0.810 bits per heavy atom.